The van der Waals surface area contributed by atoms with E-state index in [1.807, 2.05) is 0 Å². The Morgan fingerprint density at radius 2 is 2.19 bits per heavy atom. The molecule has 0 unspecified atom stereocenters. The van der Waals surface area contributed by atoms with Gasteiger partial charge in [0.2, 0.25) is 0 Å². The van der Waals surface area contributed by atoms with Crippen LogP contribution in [0.3, 0.4) is 0 Å². The summed E-state index contributed by atoms with van der Waals surface area (Å²) in [4.78, 5) is 20.9. The van der Waals surface area contributed by atoms with Crippen LogP contribution in [0.5, 0.6) is 0 Å². The quantitative estimate of drug-likeness (QED) is 0.524. The molecule has 0 aliphatic heterocycles. The lowest BCUT2D eigenvalue weighted by molar-refractivity contribution is -0.385. The number of nitrogens with zero attached hydrogens (tertiary/aromatic N) is 1. The Morgan fingerprint density at radius 1 is 1.56 bits per heavy atom. The van der Waals surface area contributed by atoms with E-state index in [4.69, 9.17) is 5.11 Å². The molecule has 1 rings (SSSR count). The summed E-state index contributed by atoms with van der Waals surface area (Å²) < 4.78 is 0. The van der Waals surface area contributed by atoms with Crippen molar-refractivity contribution in [3.63, 3.8) is 0 Å². The number of rotatable bonds is 4. The van der Waals surface area contributed by atoms with Crippen LogP contribution in [-0.2, 0) is 16.5 Å². The maximum absolute atomic E-state index is 10.8. The molecule has 0 aliphatic rings. The third-order valence-corrected chi connectivity index (χ3v) is 2.89. The topological polar surface area (TPSA) is 80.4 Å². The van der Waals surface area contributed by atoms with Crippen molar-refractivity contribution >= 4 is 27.6 Å². The Kier molecular flexibility index (Phi) is 4.00. The predicted molar refractivity (Wildman–Crippen MR) is 61.8 cm³/mol. The highest BCUT2D eigenvalue weighted by molar-refractivity contribution is 9.08. The molecule has 0 heterocycles. The van der Waals surface area contributed by atoms with Gasteiger partial charge in [0.25, 0.3) is 5.69 Å². The fourth-order valence-electron chi connectivity index (χ4n) is 1.44. The Morgan fingerprint density at radius 3 is 2.62 bits per heavy atom. The zero-order valence-electron chi connectivity index (χ0n) is 8.57. The Labute approximate surface area is 100 Å². The second-order valence-corrected chi connectivity index (χ2v) is 3.92. The molecule has 0 saturated heterocycles. The summed E-state index contributed by atoms with van der Waals surface area (Å²) in [6, 6.07) is 3.13. The van der Waals surface area contributed by atoms with Gasteiger partial charge in [0.15, 0.2) is 0 Å². The highest BCUT2D eigenvalue weighted by atomic mass is 79.9. The molecular weight excluding hydrogens is 278 g/mol. The molecular formula is C10H10BrNO4. The van der Waals surface area contributed by atoms with Gasteiger partial charge in [-0.3, -0.25) is 14.9 Å². The van der Waals surface area contributed by atoms with Gasteiger partial charge in [-0.25, -0.2) is 0 Å². The largest absolute Gasteiger partial charge is 0.481 e. The lowest BCUT2D eigenvalue weighted by Gasteiger charge is -2.06. The summed E-state index contributed by atoms with van der Waals surface area (Å²) in [7, 11) is 0. The Hall–Kier alpha value is -1.43. The first-order valence-corrected chi connectivity index (χ1v) is 5.62. The number of carboxylic acid groups (broad SMARTS) is 1. The second-order valence-electron chi connectivity index (χ2n) is 3.36. The number of halogens is 1. The molecule has 0 aromatic heterocycles. The van der Waals surface area contributed by atoms with Crippen molar-refractivity contribution in [1.82, 2.24) is 0 Å². The minimum Gasteiger partial charge on any atom is -0.481 e. The normalized spacial score (nSPS) is 10.1. The van der Waals surface area contributed by atoms with Crippen LogP contribution in [0.1, 0.15) is 16.7 Å². The minimum atomic E-state index is -0.996. The molecule has 0 aliphatic carbocycles. The van der Waals surface area contributed by atoms with E-state index >= 15 is 0 Å². The molecule has 0 radical (unpaired) electrons. The summed E-state index contributed by atoms with van der Waals surface area (Å²) in [5.41, 5.74) is 1.56. The van der Waals surface area contributed by atoms with Gasteiger partial charge in [-0.05, 0) is 18.1 Å². The number of aliphatic carboxylic acids is 1. The van der Waals surface area contributed by atoms with E-state index in [0.717, 1.165) is 0 Å². The average Bonchev–Trinajstić information content (AvgIpc) is 2.19. The molecule has 0 bridgehead atoms. The molecule has 0 spiro atoms. The van der Waals surface area contributed by atoms with Crippen LogP contribution >= 0.6 is 15.9 Å². The lowest BCUT2D eigenvalue weighted by atomic mass is 10.0. The monoisotopic (exact) mass is 287 g/mol. The van der Waals surface area contributed by atoms with Gasteiger partial charge in [0.05, 0.1) is 11.3 Å². The van der Waals surface area contributed by atoms with Crippen molar-refractivity contribution < 1.29 is 14.8 Å². The average molecular weight is 288 g/mol. The van der Waals surface area contributed by atoms with E-state index in [1.165, 1.54) is 6.07 Å². The molecule has 5 nitrogen and oxygen atoms in total. The Balaban J connectivity index is 3.31. The van der Waals surface area contributed by atoms with Gasteiger partial charge in [-0.15, -0.1) is 0 Å². The van der Waals surface area contributed by atoms with Gasteiger partial charge in [0, 0.05) is 17.0 Å². The van der Waals surface area contributed by atoms with Crippen LogP contribution in [-0.4, -0.2) is 16.0 Å². The minimum absolute atomic E-state index is 0.0341. The maximum Gasteiger partial charge on any atom is 0.307 e. The van der Waals surface area contributed by atoms with E-state index in [2.05, 4.69) is 15.9 Å². The van der Waals surface area contributed by atoms with E-state index in [-0.39, 0.29) is 12.1 Å². The van der Waals surface area contributed by atoms with Crippen molar-refractivity contribution in [2.24, 2.45) is 0 Å². The fraction of sp³-hybridized carbons (Fsp3) is 0.300. The standard InChI is InChI=1S/C10H10BrNO4/c1-6-8(4-10(13)14)2-7(5-11)3-9(6)12(15)16/h2-3H,4-5H2,1H3,(H,13,14). The number of alkyl halides is 1. The number of hydrogen-bond donors (Lipinski definition) is 1. The molecule has 1 aromatic carbocycles. The fourth-order valence-corrected chi connectivity index (χ4v) is 1.76. The van der Waals surface area contributed by atoms with Gasteiger partial charge in [-0.1, -0.05) is 22.0 Å². The second kappa shape index (κ2) is 5.07. The summed E-state index contributed by atoms with van der Waals surface area (Å²) in [6.45, 7) is 1.56. The molecule has 0 saturated carbocycles. The summed E-state index contributed by atoms with van der Waals surface area (Å²) in [5, 5.41) is 19.9. The summed E-state index contributed by atoms with van der Waals surface area (Å²) in [6.07, 6.45) is -0.201. The molecule has 1 N–H and O–H groups in total. The smallest absolute Gasteiger partial charge is 0.307 e. The first-order valence-electron chi connectivity index (χ1n) is 4.50. The van der Waals surface area contributed by atoms with Crippen molar-refractivity contribution in [1.29, 1.82) is 0 Å². The molecule has 0 amide bonds. The van der Waals surface area contributed by atoms with Crippen molar-refractivity contribution in [2.45, 2.75) is 18.7 Å². The zero-order valence-corrected chi connectivity index (χ0v) is 10.2. The number of carbonyl (C=O) groups is 1. The molecule has 16 heavy (non-hydrogen) atoms. The number of hydrogen-bond acceptors (Lipinski definition) is 3. The third kappa shape index (κ3) is 2.79. The van der Waals surface area contributed by atoms with Crippen LogP contribution in [0, 0.1) is 17.0 Å². The molecule has 86 valence electrons. The molecule has 0 atom stereocenters. The number of carboxylic acids is 1. The van der Waals surface area contributed by atoms with Crippen LogP contribution < -0.4 is 0 Å². The number of nitro groups is 1. The Bertz CT molecular complexity index is 445. The van der Waals surface area contributed by atoms with E-state index in [1.54, 1.807) is 13.0 Å². The number of nitro benzene ring substituents is 1. The summed E-state index contributed by atoms with van der Waals surface area (Å²) >= 11 is 3.20. The van der Waals surface area contributed by atoms with E-state index in [0.29, 0.717) is 22.0 Å². The number of benzene rings is 1. The SMILES string of the molecule is Cc1c(CC(=O)O)cc(CBr)cc1[N+](=O)[O-]. The van der Waals surface area contributed by atoms with Crippen LogP contribution in [0.25, 0.3) is 0 Å². The van der Waals surface area contributed by atoms with Crippen LogP contribution in [0.2, 0.25) is 0 Å². The van der Waals surface area contributed by atoms with Gasteiger partial charge < -0.3 is 5.11 Å². The van der Waals surface area contributed by atoms with Crippen LogP contribution in [0.4, 0.5) is 5.69 Å². The van der Waals surface area contributed by atoms with Gasteiger partial charge >= 0.3 is 5.97 Å². The zero-order chi connectivity index (χ0) is 12.3. The predicted octanol–water partition coefficient (Wildman–Crippen LogP) is 2.43. The van der Waals surface area contributed by atoms with E-state index < -0.39 is 10.9 Å². The maximum atomic E-state index is 10.8. The van der Waals surface area contributed by atoms with Crippen molar-refractivity contribution in [3.8, 4) is 0 Å². The first-order chi connectivity index (χ1) is 7.45. The van der Waals surface area contributed by atoms with Crippen molar-refractivity contribution in [3.05, 3.63) is 38.9 Å². The highest BCUT2D eigenvalue weighted by Gasteiger charge is 2.17. The van der Waals surface area contributed by atoms with Crippen LogP contribution in [0.15, 0.2) is 12.1 Å². The highest BCUT2D eigenvalue weighted by Crippen LogP contribution is 2.25. The van der Waals surface area contributed by atoms with Gasteiger partial charge in [-0.2, -0.15) is 0 Å². The third-order valence-electron chi connectivity index (χ3n) is 2.24. The lowest BCUT2D eigenvalue weighted by Crippen LogP contribution is -2.05. The molecule has 1 aromatic rings. The van der Waals surface area contributed by atoms with E-state index in [9.17, 15) is 14.9 Å². The van der Waals surface area contributed by atoms with Gasteiger partial charge in [0.1, 0.15) is 0 Å². The van der Waals surface area contributed by atoms with Crippen molar-refractivity contribution in [2.75, 3.05) is 0 Å². The first kappa shape index (κ1) is 12.6. The molecule has 6 heteroatoms. The molecule has 0 fully saturated rings. The summed E-state index contributed by atoms with van der Waals surface area (Å²) in [5.74, 6) is -0.996.